The molecule has 0 aliphatic rings. The fourth-order valence-electron chi connectivity index (χ4n) is 3.87. The zero-order chi connectivity index (χ0) is 35.5. The molecule has 0 aliphatic carbocycles. The first-order valence-electron chi connectivity index (χ1n) is 15.7. The summed E-state index contributed by atoms with van der Waals surface area (Å²) in [6.45, 7) is 11.0. The summed E-state index contributed by atoms with van der Waals surface area (Å²) in [5.41, 5.74) is 6.65. The molecule has 1 aromatic carbocycles. The third-order valence-electron chi connectivity index (χ3n) is 6.87. The van der Waals surface area contributed by atoms with E-state index in [0.29, 0.717) is 18.6 Å². The van der Waals surface area contributed by atoms with E-state index in [2.05, 4.69) is 16.0 Å². The van der Waals surface area contributed by atoms with E-state index in [-0.39, 0.29) is 62.9 Å². The Kier molecular flexibility index (Phi) is 18.8. The smallest absolute Gasteiger partial charge is 0.308 e. The summed E-state index contributed by atoms with van der Waals surface area (Å²) < 4.78 is 15.9. The summed E-state index contributed by atoms with van der Waals surface area (Å²) in [6, 6.07) is 3.47. The van der Waals surface area contributed by atoms with Crippen LogP contribution in [0.25, 0.3) is 0 Å². The SMILES string of the molecule is CC(C)C(=O)CCOCCOCCC(=O)N[C@@H](C)C(=O)N[C@@H](C)C(=O)N[C@@H](CC(N)=O)C(=O)Cc1ccc(COC(=O)C(C)C)cc1. The van der Waals surface area contributed by atoms with Crippen LogP contribution < -0.4 is 21.7 Å². The lowest BCUT2D eigenvalue weighted by Gasteiger charge is -2.21. The van der Waals surface area contributed by atoms with Crippen LogP contribution in [-0.2, 0) is 60.8 Å². The number of carbonyl (C=O) groups excluding carboxylic acids is 7. The number of ether oxygens (including phenoxy) is 3. The van der Waals surface area contributed by atoms with Gasteiger partial charge in [-0.2, -0.15) is 0 Å². The van der Waals surface area contributed by atoms with Crippen LogP contribution in [0, 0.1) is 11.8 Å². The number of Topliss-reactive ketones (excluding diaryl/α,β-unsaturated/α-hetero) is 2. The van der Waals surface area contributed by atoms with Gasteiger partial charge in [-0.05, 0) is 25.0 Å². The summed E-state index contributed by atoms with van der Waals surface area (Å²) in [5.74, 6) is -3.55. The average molecular weight is 663 g/mol. The van der Waals surface area contributed by atoms with E-state index in [0.717, 1.165) is 5.56 Å². The number of rotatable bonds is 23. The van der Waals surface area contributed by atoms with Gasteiger partial charge in [0.1, 0.15) is 24.5 Å². The number of hydrogen-bond donors (Lipinski definition) is 4. The van der Waals surface area contributed by atoms with Crippen LogP contribution in [0.1, 0.15) is 71.9 Å². The Balaban J connectivity index is 2.50. The van der Waals surface area contributed by atoms with Crippen LogP contribution in [-0.4, -0.2) is 85.7 Å². The molecule has 47 heavy (non-hydrogen) atoms. The molecule has 0 heterocycles. The maximum Gasteiger partial charge on any atom is 0.308 e. The lowest BCUT2D eigenvalue weighted by atomic mass is 10.00. The molecule has 3 atom stereocenters. The number of esters is 1. The van der Waals surface area contributed by atoms with Crippen molar-refractivity contribution in [1.29, 1.82) is 0 Å². The summed E-state index contributed by atoms with van der Waals surface area (Å²) >= 11 is 0. The standard InChI is InChI=1S/C33H50N4O10/c1-20(2)27(38)11-13-45-15-16-46-14-12-30(41)35-22(5)31(42)36-23(6)32(43)37-26(18-29(34)40)28(39)17-24-7-9-25(10-8-24)19-47-33(44)21(3)4/h7-10,20-23,26H,11-19H2,1-6H3,(H2,34,40)(H,35,41)(H,36,42)(H,37,43)/t22-,23-,26-/m0/s1. The predicted octanol–water partition coefficient (Wildman–Crippen LogP) is 0.906. The molecule has 1 rings (SSSR count). The summed E-state index contributed by atoms with van der Waals surface area (Å²) in [7, 11) is 0. The van der Waals surface area contributed by atoms with E-state index in [4.69, 9.17) is 19.9 Å². The quantitative estimate of drug-likeness (QED) is 0.0961. The van der Waals surface area contributed by atoms with Gasteiger partial charge in [-0.3, -0.25) is 33.6 Å². The molecule has 0 unspecified atom stereocenters. The van der Waals surface area contributed by atoms with Gasteiger partial charge in [0.15, 0.2) is 5.78 Å². The minimum absolute atomic E-state index is 0.00921. The number of benzene rings is 1. The van der Waals surface area contributed by atoms with Gasteiger partial charge >= 0.3 is 5.97 Å². The fraction of sp³-hybridized carbons (Fsp3) is 0.606. The normalized spacial score (nSPS) is 12.9. The van der Waals surface area contributed by atoms with E-state index in [1.165, 1.54) is 13.8 Å². The van der Waals surface area contributed by atoms with Crippen LogP contribution in [0.5, 0.6) is 0 Å². The van der Waals surface area contributed by atoms with Crippen LogP contribution in [0.4, 0.5) is 0 Å². The molecule has 0 fully saturated rings. The lowest BCUT2D eigenvalue weighted by Crippen LogP contribution is -2.54. The van der Waals surface area contributed by atoms with Crippen molar-refractivity contribution in [3.05, 3.63) is 35.4 Å². The first-order chi connectivity index (χ1) is 22.1. The van der Waals surface area contributed by atoms with Crippen molar-refractivity contribution in [2.75, 3.05) is 26.4 Å². The Morgan fingerprint density at radius 2 is 1.19 bits per heavy atom. The molecule has 0 radical (unpaired) electrons. The molecule has 5 N–H and O–H groups in total. The number of ketones is 2. The minimum atomic E-state index is -1.23. The second-order valence-corrected chi connectivity index (χ2v) is 11.8. The van der Waals surface area contributed by atoms with Gasteiger partial charge in [0.05, 0.1) is 44.8 Å². The molecular formula is C33H50N4O10. The van der Waals surface area contributed by atoms with Crippen molar-refractivity contribution in [3.63, 3.8) is 0 Å². The van der Waals surface area contributed by atoms with E-state index >= 15 is 0 Å². The second kappa shape index (κ2) is 21.6. The Morgan fingerprint density at radius 1 is 0.660 bits per heavy atom. The minimum Gasteiger partial charge on any atom is -0.461 e. The van der Waals surface area contributed by atoms with Gasteiger partial charge in [0, 0.05) is 25.2 Å². The monoisotopic (exact) mass is 662 g/mol. The van der Waals surface area contributed by atoms with E-state index < -0.39 is 54.0 Å². The topological polar surface area (TPSA) is 209 Å². The van der Waals surface area contributed by atoms with Crippen LogP contribution in [0.15, 0.2) is 24.3 Å². The number of nitrogens with one attached hydrogen (secondary N) is 3. The van der Waals surface area contributed by atoms with Crippen molar-refractivity contribution in [2.45, 2.75) is 92.0 Å². The van der Waals surface area contributed by atoms with Gasteiger partial charge in [-0.1, -0.05) is 52.0 Å². The zero-order valence-electron chi connectivity index (χ0n) is 28.2. The molecule has 14 heteroatoms. The summed E-state index contributed by atoms with van der Waals surface area (Å²) in [5, 5.41) is 7.47. The van der Waals surface area contributed by atoms with Crippen molar-refractivity contribution in [3.8, 4) is 0 Å². The van der Waals surface area contributed by atoms with E-state index in [1.807, 2.05) is 13.8 Å². The van der Waals surface area contributed by atoms with Gasteiger partial charge in [0.25, 0.3) is 0 Å². The molecule has 1 aromatic rings. The summed E-state index contributed by atoms with van der Waals surface area (Å²) in [4.78, 5) is 85.5. The maximum atomic E-state index is 13.0. The van der Waals surface area contributed by atoms with Crippen molar-refractivity contribution < 1.29 is 47.8 Å². The number of primary amides is 1. The molecule has 0 aromatic heterocycles. The molecule has 0 spiro atoms. The van der Waals surface area contributed by atoms with Crippen LogP contribution >= 0.6 is 0 Å². The Bertz CT molecular complexity index is 1220. The third-order valence-corrected chi connectivity index (χ3v) is 6.87. The molecule has 0 bridgehead atoms. The zero-order valence-corrected chi connectivity index (χ0v) is 28.2. The van der Waals surface area contributed by atoms with E-state index in [9.17, 15) is 33.6 Å². The molecule has 0 saturated carbocycles. The predicted molar refractivity (Wildman–Crippen MR) is 171 cm³/mol. The first-order valence-corrected chi connectivity index (χ1v) is 15.7. The van der Waals surface area contributed by atoms with Gasteiger partial charge in [-0.15, -0.1) is 0 Å². The number of nitrogens with two attached hydrogens (primary N) is 1. The van der Waals surface area contributed by atoms with Gasteiger partial charge in [0.2, 0.25) is 23.6 Å². The van der Waals surface area contributed by atoms with Gasteiger partial charge < -0.3 is 35.9 Å². The Morgan fingerprint density at radius 3 is 1.74 bits per heavy atom. The first kappa shape index (κ1) is 40.9. The Labute approximate surface area is 276 Å². The third kappa shape index (κ3) is 17.4. The average Bonchev–Trinajstić information content (AvgIpc) is 3.00. The van der Waals surface area contributed by atoms with Crippen LogP contribution in [0.3, 0.4) is 0 Å². The molecule has 0 aliphatic heterocycles. The highest BCUT2D eigenvalue weighted by Gasteiger charge is 2.27. The molecule has 14 nitrogen and oxygen atoms in total. The van der Waals surface area contributed by atoms with Crippen LogP contribution in [0.2, 0.25) is 0 Å². The van der Waals surface area contributed by atoms with Crippen molar-refractivity contribution >= 4 is 41.2 Å². The van der Waals surface area contributed by atoms with Crippen molar-refractivity contribution in [1.82, 2.24) is 16.0 Å². The number of hydrogen-bond acceptors (Lipinski definition) is 10. The number of amides is 4. The maximum absolute atomic E-state index is 13.0. The highest BCUT2D eigenvalue weighted by molar-refractivity contribution is 5.96. The summed E-state index contributed by atoms with van der Waals surface area (Å²) in [6.07, 6.45) is -0.217. The molecule has 0 saturated heterocycles. The Hall–Kier alpha value is -4.17. The largest absolute Gasteiger partial charge is 0.461 e. The molecule has 4 amide bonds. The molecule has 262 valence electrons. The fourth-order valence-corrected chi connectivity index (χ4v) is 3.87. The highest BCUT2D eigenvalue weighted by Crippen LogP contribution is 2.10. The second-order valence-electron chi connectivity index (χ2n) is 11.8. The highest BCUT2D eigenvalue weighted by atomic mass is 16.5. The van der Waals surface area contributed by atoms with Crippen molar-refractivity contribution in [2.24, 2.45) is 17.6 Å². The van der Waals surface area contributed by atoms with Gasteiger partial charge in [-0.25, -0.2) is 0 Å². The lowest BCUT2D eigenvalue weighted by molar-refractivity contribution is -0.148. The molecular weight excluding hydrogens is 612 g/mol. The number of carbonyl (C=O) groups is 7. The van der Waals surface area contributed by atoms with E-state index in [1.54, 1.807) is 38.1 Å².